The number of nitrogens with one attached hydrogen (secondary N) is 1. The number of carboxylic acids is 1. The fourth-order valence-corrected chi connectivity index (χ4v) is 2.39. The van der Waals surface area contributed by atoms with E-state index in [-0.39, 0.29) is 17.7 Å². The predicted molar refractivity (Wildman–Crippen MR) is 84.9 cm³/mol. The molecule has 6 heteroatoms. The molecular weight excluding hydrogens is 342 g/mol. The van der Waals surface area contributed by atoms with Crippen molar-refractivity contribution in [3.05, 3.63) is 34.3 Å². The normalized spacial score (nSPS) is 12.8. The van der Waals surface area contributed by atoms with Crippen molar-refractivity contribution in [1.82, 2.24) is 5.32 Å². The number of amides is 1. The molecule has 1 atom stereocenters. The molecule has 110 valence electrons. The second-order valence-corrected chi connectivity index (χ2v) is 7.46. The molecule has 1 aromatic carbocycles. The highest BCUT2D eigenvalue weighted by Crippen LogP contribution is 2.24. The van der Waals surface area contributed by atoms with Crippen LogP contribution in [-0.4, -0.2) is 27.5 Å². The van der Waals surface area contributed by atoms with Crippen LogP contribution in [0.15, 0.2) is 28.7 Å². The summed E-state index contributed by atoms with van der Waals surface area (Å²) in [5.74, 6) is -0.962. The molecule has 0 aliphatic heterocycles. The van der Waals surface area contributed by atoms with Crippen LogP contribution in [0.4, 0.5) is 0 Å². The Bertz CT molecular complexity index is 488. The Kier molecular flexibility index (Phi) is 6.07. The van der Waals surface area contributed by atoms with E-state index in [9.17, 15) is 9.59 Å². The lowest BCUT2D eigenvalue weighted by molar-refractivity contribution is -0.138. The molecule has 0 aromatic heterocycles. The lowest BCUT2D eigenvalue weighted by Crippen LogP contribution is -2.33. The summed E-state index contributed by atoms with van der Waals surface area (Å²) in [6, 6.07) is 7.59. The number of benzene rings is 1. The maximum Gasteiger partial charge on any atom is 0.319 e. The molecule has 0 heterocycles. The topological polar surface area (TPSA) is 66.4 Å². The van der Waals surface area contributed by atoms with Gasteiger partial charge in [0.2, 0.25) is 5.91 Å². The van der Waals surface area contributed by atoms with Gasteiger partial charge >= 0.3 is 5.97 Å². The summed E-state index contributed by atoms with van der Waals surface area (Å²) in [5, 5.41) is 11.8. The van der Waals surface area contributed by atoms with Crippen molar-refractivity contribution in [2.75, 3.05) is 5.75 Å². The lowest BCUT2D eigenvalue weighted by Gasteiger charge is -2.19. The molecule has 0 aliphatic carbocycles. The molecule has 20 heavy (non-hydrogen) atoms. The molecule has 0 saturated heterocycles. The Labute approximate surface area is 131 Å². The SMILES string of the molecule is CC(NC(=O)CSC(C)(C)C(=O)O)c1ccc(Br)cc1. The Morgan fingerprint density at radius 1 is 1.35 bits per heavy atom. The van der Waals surface area contributed by atoms with Crippen LogP contribution in [0, 0.1) is 0 Å². The van der Waals surface area contributed by atoms with Crippen molar-refractivity contribution in [2.45, 2.75) is 31.6 Å². The van der Waals surface area contributed by atoms with Crippen LogP contribution in [-0.2, 0) is 9.59 Å². The van der Waals surface area contributed by atoms with Crippen LogP contribution in [0.2, 0.25) is 0 Å². The van der Waals surface area contributed by atoms with E-state index in [4.69, 9.17) is 5.11 Å². The minimum absolute atomic E-state index is 0.107. The molecule has 1 aromatic rings. The third-order valence-electron chi connectivity index (χ3n) is 2.83. The van der Waals surface area contributed by atoms with Crippen LogP contribution in [0.1, 0.15) is 32.4 Å². The van der Waals surface area contributed by atoms with Crippen LogP contribution in [0.25, 0.3) is 0 Å². The first-order valence-electron chi connectivity index (χ1n) is 6.14. The van der Waals surface area contributed by atoms with Crippen molar-refractivity contribution < 1.29 is 14.7 Å². The zero-order valence-corrected chi connectivity index (χ0v) is 14.0. The molecule has 0 radical (unpaired) electrons. The predicted octanol–water partition coefficient (Wildman–Crippen LogP) is 3.22. The van der Waals surface area contributed by atoms with Crippen molar-refractivity contribution in [3.63, 3.8) is 0 Å². The molecule has 1 unspecified atom stereocenters. The smallest absolute Gasteiger partial charge is 0.319 e. The summed E-state index contributed by atoms with van der Waals surface area (Å²) in [5.41, 5.74) is 1.00. The maximum atomic E-state index is 11.8. The van der Waals surface area contributed by atoms with E-state index < -0.39 is 10.7 Å². The first-order valence-corrected chi connectivity index (χ1v) is 7.92. The molecule has 0 aliphatic rings. The summed E-state index contributed by atoms with van der Waals surface area (Å²) in [6.07, 6.45) is 0. The van der Waals surface area contributed by atoms with Gasteiger partial charge in [-0.2, -0.15) is 0 Å². The van der Waals surface area contributed by atoms with Gasteiger partial charge in [-0.25, -0.2) is 0 Å². The van der Waals surface area contributed by atoms with Gasteiger partial charge in [0.05, 0.1) is 11.8 Å². The molecular formula is C14H18BrNO3S. The number of carboxylic acid groups (broad SMARTS) is 1. The number of hydrogen-bond donors (Lipinski definition) is 2. The second kappa shape index (κ2) is 7.13. The maximum absolute atomic E-state index is 11.8. The average molecular weight is 360 g/mol. The van der Waals surface area contributed by atoms with Crippen molar-refractivity contribution in [2.24, 2.45) is 0 Å². The van der Waals surface area contributed by atoms with E-state index in [1.807, 2.05) is 31.2 Å². The van der Waals surface area contributed by atoms with Crippen LogP contribution >= 0.6 is 27.7 Å². The summed E-state index contributed by atoms with van der Waals surface area (Å²) in [6.45, 7) is 5.07. The van der Waals surface area contributed by atoms with Gasteiger partial charge in [-0.3, -0.25) is 9.59 Å². The average Bonchev–Trinajstić information content (AvgIpc) is 2.37. The molecule has 0 spiro atoms. The molecule has 0 bridgehead atoms. The Balaban J connectivity index is 2.50. The molecule has 4 nitrogen and oxygen atoms in total. The summed E-state index contributed by atoms with van der Waals surface area (Å²) in [4.78, 5) is 22.8. The third kappa shape index (κ3) is 5.17. The lowest BCUT2D eigenvalue weighted by atomic mass is 10.1. The van der Waals surface area contributed by atoms with Crippen LogP contribution < -0.4 is 5.32 Å². The van der Waals surface area contributed by atoms with Gasteiger partial charge in [-0.05, 0) is 38.5 Å². The Morgan fingerprint density at radius 2 is 1.90 bits per heavy atom. The van der Waals surface area contributed by atoms with Crippen molar-refractivity contribution in [1.29, 1.82) is 0 Å². The first kappa shape index (κ1) is 17.0. The third-order valence-corrected chi connectivity index (χ3v) is 4.66. The van der Waals surface area contributed by atoms with E-state index in [2.05, 4.69) is 21.2 Å². The second-order valence-electron chi connectivity index (χ2n) is 4.94. The van der Waals surface area contributed by atoms with Gasteiger partial charge in [0, 0.05) is 4.47 Å². The quantitative estimate of drug-likeness (QED) is 0.818. The minimum atomic E-state index is -0.960. The Hall–Kier alpha value is -1.01. The minimum Gasteiger partial charge on any atom is -0.480 e. The van der Waals surface area contributed by atoms with E-state index in [0.717, 1.165) is 21.8 Å². The molecule has 1 rings (SSSR count). The van der Waals surface area contributed by atoms with Gasteiger partial charge < -0.3 is 10.4 Å². The van der Waals surface area contributed by atoms with Gasteiger partial charge in [0.15, 0.2) is 0 Å². The molecule has 1 amide bonds. The standard InChI is InChI=1S/C14H18BrNO3S/c1-9(10-4-6-11(15)7-5-10)16-12(17)8-20-14(2,3)13(18)19/h4-7,9H,8H2,1-3H3,(H,16,17)(H,18,19). The zero-order chi connectivity index (χ0) is 15.3. The fraction of sp³-hybridized carbons (Fsp3) is 0.429. The first-order chi connectivity index (χ1) is 9.22. The molecule has 0 fully saturated rings. The van der Waals surface area contributed by atoms with E-state index in [0.29, 0.717) is 0 Å². The highest BCUT2D eigenvalue weighted by Gasteiger charge is 2.28. The summed E-state index contributed by atoms with van der Waals surface area (Å²) in [7, 11) is 0. The fourth-order valence-electron chi connectivity index (χ4n) is 1.43. The summed E-state index contributed by atoms with van der Waals surface area (Å²) < 4.78 is 0.0246. The van der Waals surface area contributed by atoms with Gasteiger partial charge in [0.1, 0.15) is 4.75 Å². The van der Waals surface area contributed by atoms with Gasteiger partial charge in [0.25, 0.3) is 0 Å². The van der Waals surface area contributed by atoms with Crippen molar-refractivity contribution >= 4 is 39.6 Å². The number of hydrogen-bond acceptors (Lipinski definition) is 3. The molecule has 2 N–H and O–H groups in total. The van der Waals surface area contributed by atoms with E-state index in [1.54, 1.807) is 13.8 Å². The molecule has 0 saturated carbocycles. The van der Waals surface area contributed by atoms with Crippen LogP contribution in [0.3, 0.4) is 0 Å². The monoisotopic (exact) mass is 359 g/mol. The number of rotatable bonds is 6. The number of carbonyl (C=O) groups is 2. The van der Waals surface area contributed by atoms with E-state index >= 15 is 0 Å². The summed E-state index contributed by atoms with van der Waals surface area (Å²) >= 11 is 4.47. The number of halogens is 1. The highest BCUT2D eigenvalue weighted by molar-refractivity contribution is 9.10. The van der Waals surface area contributed by atoms with Gasteiger partial charge in [-0.1, -0.05) is 28.1 Å². The zero-order valence-electron chi connectivity index (χ0n) is 11.6. The van der Waals surface area contributed by atoms with Crippen LogP contribution in [0.5, 0.6) is 0 Å². The highest BCUT2D eigenvalue weighted by atomic mass is 79.9. The number of aliphatic carboxylic acids is 1. The number of thioether (sulfide) groups is 1. The largest absolute Gasteiger partial charge is 0.480 e. The Morgan fingerprint density at radius 3 is 2.40 bits per heavy atom. The van der Waals surface area contributed by atoms with Crippen molar-refractivity contribution in [3.8, 4) is 0 Å². The van der Waals surface area contributed by atoms with E-state index in [1.165, 1.54) is 0 Å². The number of carbonyl (C=O) groups excluding carboxylic acids is 1. The van der Waals surface area contributed by atoms with Gasteiger partial charge in [-0.15, -0.1) is 11.8 Å².